The minimum atomic E-state index is -1.14. The highest BCUT2D eigenvalue weighted by Gasteiger charge is 2.13. The van der Waals surface area contributed by atoms with E-state index in [1.54, 1.807) is 6.07 Å². The molecule has 0 radical (unpaired) electrons. The number of aromatic nitrogens is 1. The number of nitrogens with zero attached hydrogens (tertiary/aromatic N) is 1. The maximum Gasteiger partial charge on any atom is 0.392 e. The molecular weight excluding hydrogens is 182 g/mol. The molecule has 4 nitrogen and oxygen atoms in total. The monoisotopic (exact) mass is 191 g/mol. The zero-order valence-corrected chi connectivity index (χ0v) is 7.65. The fourth-order valence-electron chi connectivity index (χ4n) is 1.38. The summed E-state index contributed by atoms with van der Waals surface area (Å²) >= 11 is 0. The lowest BCUT2D eigenvalue weighted by Crippen LogP contribution is -1.94. The van der Waals surface area contributed by atoms with Gasteiger partial charge in [-0.2, -0.15) is 0 Å². The second kappa shape index (κ2) is 3.14. The maximum absolute atomic E-state index is 10.6. The fourth-order valence-corrected chi connectivity index (χ4v) is 1.38. The van der Waals surface area contributed by atoms with Crippen LogP contribution in [0.25, 0.3) is 11.1 Å². The highest BCUT2D eigenvalue weighted by molar-refractivity contribution is 5.87. The summed E-state index contributed by atoms with van der Waals surface area (Å²) in [6.45, 7) is 1.98. The first-order valence-corrected chi connectivity index (χ1v) is 4.34. The van der Waals surface area contributed by atoms with Crippen molar-refractivity contribution >= 4 is 17.1 Å². The van der Waals surface area contributed by atoms with Crippen molar-refractivity contribution in [1.82, 2.24) is 4.98 Å². The van der Waals surface area contributed by atoms with Crippen LogP contribution in [0.4, 0.5) is 0 Å². The molecule has 0 amide bonds. The van der Waals surface area contributed by atoms with E-state index in [0.29, 0.717) is 11.1 Å². The Labute approximate surface area is 80.2 Å². The molecule has 0 bridgehead atoms. The van der Waals surface area contributed by atoms with E-state index in [-0.39, 0.29) is 5.89 Å². The van der Waals surface area contributed by atoms with Crippen LogP contribution in [0.15, 0.2) is 22.6 Å². The van der Waals surface area contributed by atoms with Crippen molar-refractivity contribution in [3.8, 4) is 0 Å². The smallest absolute Gasteiger partial charge is 0.392 e. The van der Waals surface area contributed by atoms with Gasteiger partial charge in [-0.15, -0.1) is 0 Å². The quantitative estimate of drug-likeness (QED) is 0.789. The lowest BCUT2D eigenvalue weighted by molar-refractivity contribution is 0.0656. The van der Waals surface area contributed by atoms with Crippen LogP contribution in [0.1, 0.15) is 23.2 Å². The van der Waals surface area contributed by atoms with E-state index in [9.17, 15) is 4.79 Å². The maximum atomic E-state index is 10.6. The second-order valence-corrected chi connectivity index (χ2v) is 2.94. The zero-order chi connectivity index (χ0) is 10.1. The third-order valence-electron chi connectivity index (χ3n) is 2.06. The lowest BCUT2D eigenvalue weighted by atomic mass is 10.1. The molecule has 0 aliphatic rings. The van der Waals surface area contributed by atoms with Gasteiger partial charge in [-0.25, -0.2) is 9.78 Å². The van der Waals surface area contributed by atoms with Crippen LogP contribution in [0, 0.1) is 0 Å². The molecule has 0 saturated carbocycles. The molecule has 0 unspecified atom stereocenters. The molecule has 1 aromatic heterocycles. The minimum Gasteiger partial charge on any atom is -0.474 e. The molecule has 14 heavy (non-hydrogen) atoms. The summed E-state index contributed by atoms with van der Waals surface area (Å²) in [6.07, 6.45) is 0.797. The molecular formula is C10H9NO3. The largest absolute Gasteiger partial charge is 0.474 e. The summed E-state index contributed by atoms with van der Waals surface area (Å²) in [6, 6.07) is 5.49. The van der Waals surface area contributed by atoms with Crippen LogP contribution in [0.5, 0.6) is 0 Å². The van der Waals surface area contributed by atoms with Gasteiger partial charge in [0.15, 0.2) is 5.58 Å². The molecule has 0 fully saturated rings. The molecule has 4 heteroatoms. The number of aromatic carboxylic acids is 1. The molecule has 1 heterocycles. The van der Waals surface area contributed by atoms with E-state index in [4.69, 9.17) is 9.52 Å². The number of benzene rings is 1. The van der Waals surface area contributed by atoms with Gasteiger partial charge in [0.25, 0.3) is 0 Å². The number of rotatable bonds is 2. The third-order valence-corrected chi connectivity index (χ3v) is 2.06. The van der Waals surface area contributed by atoms with Crippen molar-refractivity contribution in [2.75, 3.05) is 0 Å². The Hall–Kier alpha value is -1.84. The molecule has 2 aromatic rings. The van der Waals surface area contributed by atoms with Gasteiger partial charge in [0, 0.05) is 0 Å². The molecule has 2 rings (SSSR count). The first-order valence-electron chi connectivity index (χ1n) is 4.34. The van der Waals surface area contributed by atoms with Crippen LogP contribution >= 0.6 is 0 Å². The number of hydrogen-bond donors (Lipinski definition) is 1. The highest BCUT2D eigenvalue weighted by atomic mass is 16.4. The molecule has 0 aliphatic heterocycles. The van der Waals surface area contributed by atoms with Gasteiger partial charge < -0.3 is 9.52 Å². The number of carbonyl (C=O) groups is 1. The number of carboxylic acid groups (broad SMARTS) is 1. The van der Waals surface area contributed by atoms with E-state index in [2.05, 4.69) is 4.98 Å². The van der Waals surface area contributed by atoms with Gasteiger partial charge in [-0.3, -0.25) is 0 Å². The van der Waals surface area contributed by atoms with Gasteiger partial charge >= 0.3 is 11.9 Å². The Morgan fingerprint density at radius 1 is 1.57 bits per heavy atom. The molecule has 1 N–H and O–H groups in total. The average Bonchev–Trinajstić information content (AvgIpc) is 2.60. The fraction of sp³-hybridized carbons (Fsp3) is 0.200. The number of hydrogen-bond acceptors (Lipinski definition) is 3. The predicted molar refractivity (Wildman–Crippen MR) is 50.3 cm³/mol. The van der Waals surface area contributed by atoms with Crippen LogP contribution in [0.2, 0.25) is 0 Å². The zero-order valence-electron chi connectivity index (χ0n) is 7.65. The lowest BCUT2D eigenvalue weighted by Gasteiger charge is -1.94. The first kappa shape index (κ1) is 8.74. The van der Waals surface area contributed by atoms with Crippen molar-refractivity contribution < 1.29 is 14.3 Å². The Morgan fingerprint density at radius 2 is 2.36 bits per heavy atom. The summed E-state index contributed by atoms with van der Waals surface area (Å²) < 4.78 is 5.14. The SMILES string of the molecule is CCc1cccc2nc(C(=O)O)oc12. The van der Waals surface area contributed by atoms with Crippen LogP contribution in [-0.2, 0) is 6.42 Å². The normalized spacial score (nSPS) is 10.6. The van der Waals surface area contributed by atoms with Gasteiger partial charge in [0.1, 0.15) is 5.52 Å². The number of aryl methyl sites for hydroxylation is 1. The van der Waals surface area contributed by atoms with Crippen molar-refractivity contribution in [3.63, 3.8) is 0 Å². The van der Waals surface area contributed by atoms with E-state index < -0.39 is 5.97 Å². The molecule has 0 spiro atoms. The topological polar surface area (TPSA) is 63.3 Å². The highest BCUT2D eigenvalue weighted by Crippen LogP contribution is 2.20. The van der Waals surface area contributed by atoms with E-state index in [0.717, 1.165) is 12.0 Å². The van der Waals surface area contributed by atoms with Crippen LogP contribution < -0.4 is 0 Å². The molecule has 0 saturated heterocycles. The summed E-state index contributed by atoms with van der Waals surface area (Å²) in [4.78, 5) is 14.5. The van der Waals surface area contributed by atoms with Gasteiger partial charge in [0.05, 0.1) is 0 Å². The third kappa shape index (κ3) is 1.25. The molecule has 0 aliphatic carbocycles. The number of fused-ring (bicyclic) bond motifs is 1. The minimum absolute atomic E-state index is 0.249. The second-order valence-electron chi connectivity index (χ2n) is 2.94. The van der Waals surface area contributed by atoms with Crippen LogP contribution in [0.3, 0.4) is 0 Å². The summed E-state index contributed by atoms with van der Waals surface area (Å²) in [7, 11) is 0. The summed E-state index contributed by atoms with van der Waals surface area (Å²) in [5.41, 5.74) is 2.15. The van der Waals surface area contributed by atoms with Gasteiger partial charge in [0.2, 0.25) is 0 Å². The first-order chi connectivity index (χ1) is 6.72. The standard InChI is InChI=1S/C10H9NO3/c1-2-6-4-3-5-7-8(6)14-9(11-7)10(12)13/h3-5H,2H2,1H3,(H,12,13). The summed E-state index contributed by atoms with van der Waals surface area (Å²) in [5, 5.41) is 8.69. The number of oxazole rings is 1. The Bertz CT molecular complexity index is 487. The van der Waals surface area contributed by atoms with Crippen LogP contribution in [-0.4, -0.2) is 16.1 Å². The van der Waals surface area contributed by atoms with Gasteiger partial charge in [-0.1, -0.05) is 19.1 Å². The molecule has 0 atom stereocenters. The van der Waals surface area contributed by atoms with Crippen molar-refractivity contribution in [3.05, 3.63) is 29.7 Å². The molecule has 1 aromatic carbocycles. The Balaban J connectivity index is 2.70. The van der Waals surface area contributed by atoms with Crippen molar-refractivity contribution in [2.45, 2.75) is 13.3 Å². The number of para-hydroxylation sites is 1. The van der Waals surface area contributed by atoms with Crippen molar-refractivity contribution in [2.24, 2.45) is 0 Å². The predicted octanol–water partition coefficient (Wildman–Crippen LogP) is 2.09. The average molecular weight is 191 g/mol. The summed E-state index contributed by atoms with van der Waals surface area (Å²) in [5.74, 6) is -1.39. The van der Waals surface area contributed by atoms with E-state index in [1.165, 1.54) is 0 Å². The Kier molecular flexibility index (Phi) is 1.96. The molecule has 72 valence electrons. The van der Waals surface area contributed by atoms with E-state index in [1.807, 2.05) is 19.1 Å². The van der Waals surface area contributed by atoms with Crippen molar-refractivity contribution in [1.29, 1.82) is 0 Å². The van der Waals surface area contributed by atoms with E-state index >= 15 is 0 Å². The van der Waals surface area contributed by atoms with Gasteiger partial charge in [-0.05, 0) is 18.1 Å². The number of carboxylic acids is 1. The Morgan fingerprint density at radius 3 is 3.00 bits per heavy atom.